The topological polar surface area (TPSA) is 130 Å². The average Bonchev–Trinajstić information content (AvgIpc) is 2.21. The molecule has 1 aliphatic rings. The van der Waals surface area contributed by atoms with E-state index in [1.165, 1.54) is 0 Å². The number of nitrogens with two attached hydrogens (primary N) is 1. The van der Waals surface area contributed by atoms with E-state index in [1.54, 1.807) is 0 Å². The Morgan fingerprint density at radius 1 is 1.22 bits per heavy atom. The highest BCUT2D eigenvalue weighted by Gasteiger charge is 2.41. The van der Waals surface area contributed by atoms with Gasteiger partial charge >= 0.3 is 11.9 Å². The van der Waals surface area contributed by atoms with E-state index in [0.29, 0.717) is 12.8 Å². The number of aliphatic carboxylic acids is 2. The molecule has 102 valence electrons. The largest absolute Gasteiger partial charge is 0.481 e. The molecule has 5 N–H and O–H groups in total. The van der Waals surface area contributed by atoms with E-state index in [0.717, 1.165) is 6.42 Å². The van der Waals surface area contributed by atoms with Gasteiger partial charge < -0.3 is 21.3 Å². The first-order valence-electron chi connectivity index (χ1n) is 5.86. The molecule has 1 rings (SSSR count). The molecule has 0 bridgehead atoms. The highest BCUT2D eigenvalue weighted by atomic mass is 16.4. The van der Waals surface area contributed by atoms with Gasteiger partial charge in [-0.15, -0.1) is 0 Å². The minimum atomic E-state index is -1.01. The first-order valence-corrected chi connectivity index (χ1v) is 5.86. The summed E-state index contributed by atoms with van der Waals surface area (Å²) in [6.07, 6.45) is 1.86. The zero-order chi connectivity index (χ0) is 13.8. The zero-order valence-corrected chi connectivity index (χ0v) is 10.0. The summed E-state index contributed by atoms with van der Waals surface area (Å²) in [5.74, 6) is -2.45. The minimum absolute atomic E-state index is 0.0460. The standard InChI is InChI=1S/C11H18N2O5/c12-7(2-3-8(14)15)10(18)13-11(4-1-5-11)6-9(16)17/h7H,1-6,12H2,(H,13,18)(H,14,15)(H,16,17). The number of carbonyl (C=O) groups is 3. The first-order chi connectivity index (χ1) is 8.34. The lowest BCUT2D eigenvalue weighted by Crippen LogP contribution is -2.58. The molecule has 0 aromatic heterocycles. The van der Waals surface area contributed by atoms with Gasteiger partial charge in [0, 0.05) is 6.42 Å². The summed E-state index contributed by atoms with van der Waals surface area (Å²) in [7, 11) is 0. The van der Waals surface area contributed by atoms with Crippen molar-refractivity contribution in [3.8, 4) is 0 Å². The van der Waals surface area contributed by atoms with Crippen molar-refractivity contribution in [1.29, 1.82) is 0 Å². The summed E-state index contributed by atoms with van der Waals surface area (Å²) in [4.78, 5) is 32.8. The van der Waals surface area contributed by atoms with Crippen LogP contribution in [0.1, 0.15) is 38.5 Å². The predicted molar refractivity (Wildman–Crippen MR) is 61.8 cm³/mol. The summed E-state index contributed by atoms with van der Waals surface area (Å²) < 4.78 is 0. The van der Waals surface area contributed by atoms with Gasteiger partial charge in [0.05, 0.1) is 18.0 Å². The maximum absolute atomic E-state index is 11.7. The molecule has 0 radical (unpaired) electrons. The lowest BCUT2D eigenvalue weighted by atomic mass is 9.74. The Hall–Kier alpha value is -1.63. The molecule has 0 spiro atoms. The van der Waals surface area contributed by atoms with Crippen LogP contribution in [0.2, 0.25) is 0 Å². The van der Waals surface area contributed by atoms with Gasteiger partial charge in [0.25, 0.3) is 0 Å². The highest BCUT2D eigenvalue weighted by Crippen LogP contribution is 2.34. The van der Waals surface area contributed by atoms with Crippen molar-refractivity contribution in [1.82, 2.24) is 5.32 Å². The number of nitrogens with one attached hydrogen (secondary N) is 1. The highest BCUT2D eigenvalue weighted by molar-refractivity contribution is 5.83. The van der Waals surface area contributed by atoms with E-state index in [4.69, 9.17) is 15.9 Å². The smallest absolute Gasteiger partial charge is 0.305 e. The number of carboxylic acids is 2. The third-order valence-corrected chi connectivity index (χ3v) is 3.19. The normalized spacial score (nSPS) is 18.5. The van der Waals surface area contributed by atoms with Crippen LogP contribution in [-0.2, 0) is 14.4 Å². The number of carboxylic acid groups (broad SMARTS) is 2. The van der Waals surface area contributed by atoms with Crippen molar-refractivity contribution in [2.75, 3.05) is 0 Å². The Labute approximate surface area is 104 Å². The second-order valence-electron chi connectivity index (χ2n) is 4.73. The summed E-state index contributed by atoms with van der Waals surface area (Å²) in [6, 6.07) is -0.910. The van der Waals surface area contributed by atoms with Gasteiger partial charge in [0.15, 0.2) is 0 Å². The summed E-state index contributed by atoms with van der Waals surface area (Å²) in [5, 5.41) is 19.9. The molecule has 1 atom stereocenters. The molecule has 0 aliphatic heterocycles. The summed E-state index contributed by atoms with van der Waals surface area (Å²) in [6.45, 7) is 0. The molecule has 1 aliphatic carbocycles. The van der Waals surface area contributed by atoms with Crippen molar-refractivity contribution in [2.45, 2.75) is 50.1 Å². The van der Waals surface area contributed by atoms with E-state index < -0.39 is 29.4 Å². The van der Waals surface area contributed by atoms with Crippen LogP contribution in [0.3, 0.4) is 0 Å². The van der Waals surface area contributed by atoms with Crippen LogP contribution in [0.4, 0.5) is 0 Å². The molecule has 0 aromatic rings. The number of carbonyl (C=O) groups excluding carboxylic acids is 1. The van der Waals surface area contributed by atoms with Crippen LogP contribution in [0.15, 0.2) is 0 Å². The van der Waals surface area contributed by atoms with E-state index in [2.05, 4.69) is 5.32 Å². The second-order valence-corrected chi connectivity index (χ2v) is 4.73. The van der Waals surface area contributed by atoms with Crippen molar-refractivity contribution in [2.24, 2.45) is 5.73 Å². The molecular weight excluding hydrogens is 240 g/mol. The van der Waals surface area contributed by atoms with E-state index in [1.807, 2.05) is 0 Å². The van der Waals surface area contributed by atoms with Gasteiger partial charge in [0.2, 0.25) is 5.91 Å². The summed E-state index contributed by atoms with van der Waals surface area (Å²) in [5.41, 5.74) is 4.87. The number of hydrogen-bond donors (Lipinski definition) is 4. The fourth-order valence-electron chi connectivity index (χ4n) is 2.00. The molecule has 1 unspecified atom stereocenters. The Morgan fingerprint density at radius 3 is 2.22 bits per heavy atom. The van der Waals surface area contributed by atoms with Gasteiger partial charge in [-0.25, -0.2) is 0 Å². The van der Waals surface area contributed by atoms with E-state index >= 15 is 0 Å². The van der Waals surface area contributed by atoms with Crippen molar-refractivity contribution < 1.29 is 24.6 Å². The van der Waals surface area contributed by atoms with Gasteiger partial charge in [-0.3, -0.25) is 14.4 Å². The monoisotopic (exact) mass is 258 g/mol. The minimum Gasteiger partial charge on any atom is -0.481 e. The van der Waals surface area contributed by atoms with Gasteiger partial charge in [-0.2, -0.15) is 0 Å². The SMILES string of the molecule is NC(CCC(=O)O)C(=O)NC1(CC(=O)O)CCC1. The van der Waals surface area contributed by atoms with Crippen LogP contribution >= 0.6 is 0 Å². The molecule has 0 heterocycles. The van der Waals surface area contributed by atoms with Gasteiger partial charge in [0.1, 0.15) is 0 Å². The number of hydrogen-bond acceptors (Lipinski definition) is 4. The Morgan fingerprint density at radius 2 is 1.83 bits per heavy atom. The molecule has 0 saturated heterocycles. The third kappa shape index (κ3) is 3.99. The third-order valence-electron chi connectivity index (χ3n) is 3.19. The zero-order valence-electron chi connectivity index (χ0n) is 10.0. The predicted octanol–water partition coefficient (Wildman–Crippen LogP) is -0.308. The fourth-order valence-corrected chi connectivity index (χ4v) is 2.00. The molecule has 18 heavy (non-hydrogen) atoms. The molecular formula is C11H18N2O5. The van der Waals surface area contributed by atoms with Crippen molar-refractivity contribution in [3.05, 3.63) is 0 Å². The van der Waals surface area contributed by atoms with Crippen molar-refractivity contribution in [3.63, 3.8) is 0 Å². The fraction of sp³-hybridized carbons (Fsp3) is 0.727. The molecule has 1 amide bonds. The van der Waals surface area contributed by atoms with Crippen LogP contribution in [0.5, 0.6) is 0 Å². The second kappa shape index (κ2) is 5.81. The van der Waals surface area contributed by atoms with Crippen LogP contribution in [0, 0.1) is 0 Å². The maximum atomic E-state index is 11.7. The van der Waals surface area contributed by atoms with E-state index in [-0.39, 0.29) is 19.3 Å². The molecule has 1 saturated carbocycles. The first kappa shape index (κ1) is 14.4. The van der Waals surface area contributed by atoms with Crippen LogP contribution < -0.4 is 11.1 Å². The summed E-state index contributed by atoms with van der Waals surface area (Å²) >= 11 is 0. The average molecular weight is 258 g/mol. The lowest BCUT2D eigenvalue weighted by Gasteiger charge is -2.42. The number of rotatable bonds is 7. The maximum Gasteiger partial charge on any atom is 0.305 e. The number of amides is 1. The van der Waals surface area contributed by atoms with Gasteiger partial charge in [-0.1, -0.05) is 0 Å². The Balaban J connectivity index is 2.46. The molecule has 7 nitrogen and oxygen atoms in total. The molecule has 0 aromatic carbocycles. The molecule has 1 fully saturated rings. The van der Waals surface area contributed by atoms with E-state index in [9.17, 15) is 14.4 Å². The van der Waals surface area contributed by atoms with Gasteiger partial charge in [-0.05, 0) is 25.7 Å². The quantitative estimate of drug-likeness (QED) is 0.495. The Kier molecular flexibility index (Phi) is 4.66. The lowest BCUT2D eigenvalue weighted by molar-refractivity contribution is -0.140. The molecule has 7 heteroatoms. The van der Waals surface area contributed by atoms with Crippen LogP contribution in [-0.4, -0.2) is 39.6 Å². The Bertz CT molecular complexity index is 351. The van der Waals surface area contributed by atoms with Crippen molar-refractivity contribution >= 4 is 17.8 Å². The van der Waals surface area contributed by atoms with Crippen LogP contribution in [0.25, 0.3) is 0 Å².